The second kappa shape index (κ2) is 11.7. The Kier molecular flexibility index (Phi) is 10.8. The van der Waals surface area contributed by atoms with Crippen molar-refractivity contribution in [2.75, 3.05) is 0 Å². The van der Waals surface area contributed by atoms with Gasteiger partial charge in [-0.2, -0.15) is 0 Å². The van der Waals surface area contributed by atoms with Crippen LogP contribution in [0.5, 0.6) is 0 Å². The first-order valence-electron chi connectivity index (χ1n) is 6.23. The maximum atomic E-state index is 2.12. The molecule has 102 valence electrons. The first-order chi connectivity index (χ1) is 8.88. The summed E-state index contributed by atoms with van der Waals surface area (Å²) in [4.78, 5) is 0. The summed E-state index contributed by atoms with van der Waals surface area (Å²) in [6.45, 7) is 4.00. The fourth-order valence-electron chi connectivity index (χ4n) is 1.48. The number of hydrogen-bond acceptors (Lipinski definition) is 0. The number of benzene rings is 2. The Labute approximate surface area is 131 Å². The van der Waals surface area contributed by atoms with Crippen molar-refractivity contribution in [3.05, 3.63) is 85.0 Å². The van der Waals surface area contributed by atoms with Crippen molar-refractivity contribution < 1.29 is 21.1 Å². The molecule has 0 amide bonds. The van der Waals surface area contributed by atoms with Gasteiger partial charge in [-0.3, -0.25) is 0 Å². The van der Waals surface area contributed by atoms with Gasteiger partial charge in [0.15, 0.2) is 0 Å². The zero-order chi connectivity index (χ0) is 13.1. The van der Waals surface area contributed by atoms with Crippen molar-refractivity contribution in [3.63, 3.8) is 0 Å². The topological polar surface area (TPSA) is 0 Å². The van der Waals surface area contributed by atoms with Crippen LogP contribution in [-0.4, -0.2) is 0 Å². The van der Waals surface area contributed by atoms with Gasteiger partial charge < -0.3 is 0 Å². The van der Waals surface area contributed by atoms with E-state index in [0.717, 1.165) is 0 Å². The van der Waals surface area contributed by atoms with Crippen LogP contribution in [-0.2, 0) is 21.1 Å². The first kappa shape index (κ1) is 17.6. The van der Waals surface area contributed by atoms with Gasteiger partial charge in [-0.05, 0) is 25.0 Å². The van der Waals surface area contributed by atoms with Gasteiger partial charge in [-0.25, -0.2) is 0 Å². The Bertz CT molecular complexity index is 422. The van der Waals surface area contributed by atoms with E-state index >= 15 is 0 Å². The molecule has 0 aliphatic carbocycles. The molecule has 0 heterocycles. The molecule has 0 unspecified atom stereocenters. The van der Waals surface area contributed by atoms with Crippen molar-refractivity contribution in [2.45, 2.75) is 13.8 Å². The van der Waals surface area contributed by atoms with Crippen LogP contribution in [0.3, 0.4) is 0 Å². The smallest absolute Gasteiger partial charge is 0 e. The van der Waals surface area contributed by atoms with Crippen LogP contribution in [0.4, 0.5) is 0 Å². The number of rotatable bonds is 2. The largest absolute Gasteiger partial charge is 0.0877 e. The molecular weight excluding hydrogens is 411 g/mol. The van der Waals surface area contributed by atoms with E-state index in [9.17, 15) is 0 Å². The molecule has 0 aromatic heterocycles. The summed E-state index contributed by atoms with van der Waals surface area (Å²) < 4.78 is 0. The van der Waals surface area contributed by atoms with E-state index in [1.807, 2.05) is 50.3 Å². The molecule has 0 bridgehead atoms. The minimum absolute atomic E-state index is 0. The van der Waals surface area contributed by atoms with Crippen molar-refractivity contribution in [1.29, 1.82) is 0 Å². The van der Waals surface area contributed by atoms with Crippen LogP contribution in [0.2, 0.25) is 0 Å². The third-order valence-electron chi connectivity index (χ3n) is 2.38. The van der Waals surface area contributed by atoms with Gasteiger partial charge in [0.05, 0.1) is 0 Å². The van der Waals surface area contributed by atoms with E-state index in [2.05, 4.69) is 48.5 Å². The average molecular weight is 431 g/mol. The number of hydrogen-bond donors (Lipinski definition) is 0. The molecule has 0 aliphatic rings. The summed E-state index contributed by atoms with van der Waals surface area (Å²) in [6.07, 6.45) is 8.00. The fourth-order valence-corrected chi connectivity index (χ4v) is 1.48. The summed E-state index contributed by atoms with van der Waals surface area (Å²) in [5, 5.41) is 0. The van der Waals surface area contributed by atoms with Crippen molar-refractivity contribution >= 4 is 0 Å². The Hall–Kier alpha value is -1.39. The van der Waals surface area contributed by atoms with E-state index in [-0.39, 0.29) is 21.1 Å². The summed E-state index contributed by atoms with van der Waals surface area (Å²) in [6, 6.07) is 20.8. The fraction of sp³-hybridized carbons (Fsp3) is 0.111. The second-order valence-electron chi connectivity index (χ2n) is 3.78. The van der Waals surface area contributed by atoms with E-state index < -0.39 is 0 Å². The minimum Gasteiger partial charge on any atom is -0.0877 e. The summed E-state index contributed by atoms with van der Waals surface area (Å²) in [5.41, 5.74) is 2.55. The van der Waals surface area contributed by atoms with Gasteiger partial charge in [-0.15, -0.1) is 0 Å². The molecule has 2 rings (SSSR count). The molecule has 0 saturated heterocycles. The van der Waals surface area contributed by atoms with Crippen molar-refractivity contribution in [2.24, 2.45) is 0 Å². The third-order valence-corrected chi connectivity index (χ3v) is 2.38. The average Bonchev–Trinajstić information content (AvgIpc) is 2.48. The molecule has 1 heteroatoms. The van der Waals surface area contributed by atoms with Crippen LogP contribution < -0.4 is 0 Å². The zero-order valence-electron chi connectivity index (χ0n) is 11.4. The second-order valence-corrected chi connectivity index (χ2v) is 3.78. The molecule has 0 N–H and O–H groups in total. The molecule has 0 aliphatic heterocycles. The molecule has 0 atom stereocenters. The van der Waals surface area contributed by atoms with E-state index in [4.69, 9.17) is 0 Å². The molecule has 0 radical (unpaired) electrons. The van der Waals surface area contributed by atoms with Gasteiger partial charge in [0.2, 0.25) is 0 Å². The molecule has 2 aromatic carbocycles. The first-order valence-corrected chi connectivity index (χ1v) is 6.23. The standard InChI is InChI=1S/C12H10.C6H10.Pt/c1-3-7-11(8-4-1)12-9-5-2-6-10-12;1-3-5-6-4-2;/h1-10H;3-6H,1-2H3;. The van der Waals surface area contributed by atoms with Crippen molar-refractivity contribution in [1.82, 2.24) is 0 Å². The van der Waals surface area contributed by atoms with Crippen LogP contribution >= 0.6 is 0 Å². The van der Waals surface area contributed by atoms with Crippen LogP contribution in [0, 0.1) is 0 Å². The van der Waals surface area contributed by atoms with E-state index in [1.54, 1.807) is 0 Å². The number of allylic oxidation sites excluding steroid dienone is 4. The third kappa shape index (κ3) is 7.59. The molecule has 0 saturated carbocycles. The Morgan fingerprint density at radius 2 is 0.895 bits per heavy atom. The summed E-state index contributed by atoms with van der Waals surface area (Å²) >= 11 is 0. The molecule has 0 nitrogen and oxygen atoms in total. The SMILES string of the molecule is CC=CC=CC.[Pt].c1ccc(-c2ccccc2)cc1. The molecular formula is C18H20Pt. The summed E-state index contributed by atoms with van der Waals surface area (Å²) in [7, 11) is 0. The van der Waals surface area contributed by atoms with Crippen LogP contribution in [0.15, 0.2) is 85.0 Å². The maximum absolute atomic E-state index is 2.12. The predicted molar refractivity (Wildman–Crippen MR) is 81.5 cm³/mol. The predicted octanol–water partition coefficient (Wildman–Crippen LogP) is 5.49. The van der Waals surface area contributed by atoms with E-state index in [0.29, 0.717) is 0 Å². The molecule has 0 spiro atoms. The van der Waals surface area contributed by atoms with Gasteiger partial charge >= 0.3 is 0 Å². The molecule has 19 heavy (non-hydrogen) atoms. The van der Waals surface area contributed by atoms with Crippen LogP contribution in [0.25, 0.3) is 11.1 Å². The zero-order valence-corrected chi connectivity index (χ0v) is 13.7. The van der Waals surface area contributed by atoms with Gasteiger partial charge in [-0.1, -0.05) is 85.0 Å². The molecule has 2 aromatic rings. The van der Waals surface area contributed by atoms with Gasteiger partial charge in [0.25, 0.3) is 0 Å². The van der Waals surface area contributed by atoms with Gasteiger partial charge in [0, 0.05) is 21.1 Å². The van der Waals surface area contributed by atoms with Crippen LogP contribution in [0.1, 0.15) is 13.8 Å². The Balaban J connectivity index is 0.000000404. The maximum Gasteiger partial charge on any atom is 0 e. The summed E-state index contributed by atoms with van der Waals surface area (Å²) in [5.74, 6) is 0. The molecule has 0 fully saturated rings. The normalized spacial score (nSPS) is 9.79. The van der Waals surface area contributed by atoms with E-state index in [1.165, 1.54) is 11.1 Å². The quantitative estimate of drug-likeness (QED) is 0.552. The minimum atomic E-state index is 0. The Morgan fingerprint density at radius 3 is 1.16 bits per heavy atom. The monoisotopic (exact) mass is 431 g/mol. The van der Waals surface area contributed by atoms with Crippen molar-refractivity contribution in [3.8, 4) is 11.1 Å². The van der Waals surface area contributed by atoms with Gasteiger partial charge in [0.1, 0.15) is 0 Å². The Morgan fingerprint density at radius 1 is 0.579 bits per heavy atom.